The molecule has 1 aliphatic heterocycles. The van der Waals surface area contributed by atoms with Crippen molar-refractivity contribution < 1.29 is 43.9 Å². The predicted molar refractivity (Wildman–Crippen MR) is 220 cm³/mol. The van der Waals surface area contributed by atoms with E-state index in [1.165, 1.54) is 0 Å². The van der Waals surface area contributed by atoms with E-state index in [0.29, 0.717) is 50.3 Å². The van der Waals surface area contributed by atoms with Gasteiger partial charge in [-0.15, -0.1) is 6.58 Å². The lowest BCUT2D eigenvalue weighted by atomic mass is 9.55. The molecule has 312 valence electrons. The van der Waals surface area contributed by atoms with Crippen LogP contribution in [0.25, 0.3) is 0 Å². The summed E-state index contributed by atoms with van der Waals surface area (Å²) in [6, 6.07) is 14.9. The maximum absolute atomic E-state index is 14.4. The van der Waals surface area contributed by atoms with Crippen molar-refractivity contribution in [2.75, 3.05) is 59.3 Å². The minimum absolute atomic E-state index is 0.0929. The van der Waals surface area contributed by atoms with Crippen LogP contribution in [0.5, 0.6) is 11.5 Å². The Labute approximate surface area is 338 Å². The summed E-state index contributed by atoms with van der Waals surface area (Å²) in [5.41, 5.74) is 3.68. The van der Waals surface area contributed by atoms with E-state index < -0.39 is 17.7 Å². The molecule has 12 heteroatoms. The van der Waals surface area contributed by atoms with E-state index >= 15 is 0 Å². The molecule has 0 unspecified atom stereocenters. The Bertz CT molecular complexity index is 1630. The van der Waals surface area contributed by atoms with Crippen LogP contribution in [0.1, 0.15) is 75.3 Å². The van der Waals surface area contributed by atoms with E-state index in [1.807, 2.05) is 54.3 Å². The predicted octanol–water partition coefficient (Wildman–Crippen LogP) is 6.52. The molecular weight excluding hydrogens is 727 g/mol. The molecule has 0 aromatic heterocycles. The fraction of sp³-hybridized carbons (Fsp3) is 0.556. The number of ether oxygens (including phenoxy) is 4. The molecule has 57 heavy (non-hydrogen) atoms. The van der Waals surface area contributed by atoms with E-state index in [9.17, 15) is 20.1 Å². The molecule has 0 saturated heterocycles. The molecule has 6 atom stereocenters. The molecule has 1 saturated carbocycles. The molecule has 2 amide bonds. The fourth-order valence-electron chi connectivity index (χ4n) is 8.79. The summed E-state index contributed by atoms with van der Waals surface area (Å²) >= 11 is 0. The van der Waals surface area contributed by atoms with Gasteiger partial charge in [0.2, 0.25) is 5.79 Å². The summed E-state index contributed by atoms with van der Waals surface area (Å²) in [4.78, 5) is 22.3. The number of nitrogens with one attached hydrogen (secondary N) is 1. The van der Waals surface area contributed by atoms with E-state index in [0.717, 1.165) is 48.1 Å². The van der Waals surface area contributed by atoms with Crippen LogP contribution in [0.2, 0.25) is 0 Å². The molecule has 2 aromatic carbocycles. The topological polar surface area (TPSA) is 152 Å². The third-order valence-corrected chi connectivity index (χ3v) is 11.1. The van der Waals surface area contributed by atoms with Crippen LogP contribution in [-0.2, 0) is 20.9 Å². The van der Waals surface area contributed by atoms with Crippen LogP contribution in [-0.4, -0.2) is 103 Å². The van der Waals surface area contributed by atoms with Gasteiger partial charge < -0.3 is 49.3 Å². The smallest absolute Gasteiger partial charge is 0.317 e. The third kappa shape index (κ3) is 10.9. The number of hydrogen-bond donors (Lipinski definition) is 4. The van der Waals surface area contributed by atoms with Crippen molar-refractivity contribution in [2.24, 2.45) is 22.9 Å². The highest BCUT2D eigenvalue weighted by molar-refractivity contribution is 6.03. The second-order valence-corrected chi connectivity index (χ2v) is 14.9. The zero-order chi connectivity index (χ0) is 40.5. The number of amides is 2. The molecule has 2 aliphatic carbocycles. The molecule has 1 fully saturated rings. The van der Waals surface area contributed by atoms with Crippen LogP contribution in [0.4, 0.5) is 4.79 Å². The van der Waals surface area contributed by atoms with Gasteiger partial charge in [0, 0.05) is 44.2 Å². The number of allylic oxidation sites excluding steroid dienone is 1. The van der Waals surface area contributed by atoms with Crippen molar-refractivity contribution in [3.05, 3.63) is 96.6 Å². The Morgan fingerprint density at radius 1 is 1.00 bits per heavy atom. The van der Waals surface area contributed by atoms with Gasteiger partial charge in [0.05, 0.1) is 38.1 Å². The number of rotatable bonds is 25. The molecule has 0 spiro atoms. The normalized spacial score (nSPS) is 24.0. The van der Waals surface area contributed by atoms with Gasteiger partial charge in [-0.1, -0.05) is 80.1 Å². The minimum atomic E-state index is -1.36. The average Bonchev–Trinajstić information content (AvgIpc) is 3.23. The minimum Gasteiger partial charge on any atom is -0.490 e. The fourth-order valence-corrected chi connectivity index (χ4v) is 8.79. The quantitative estimate of drug-likeness (QED) is 0.0501. The van der Waals surface area contributed by atoms with Crippen LogP contribution in [0.3, 0.4) is 0 Å². The Kier molecular flexibility index (Phi) is 17.5. The highest BCUT2D eigenvalue weighted by atomic mass is 16.7. The monoisotopic (exact) mass is 789 g/mol. The van der Waals surface area contributed by atoms with Gasteiger partial charge in [0.1, 0.15) is 30.8 Å². The van der Waals surface area contributed by atoms with Crippen molar-refractivity contribution in [1.82, 2.24) is 10.2 Å². The second-order valence-electron chi connectivity index (χ2n) is 14.9. The number of nitrogens with zero attached hydrogens (tertiary/aromatic N) is 2. The first-order valence-corrected chi connectivity index (χ1v) is 20.7. The van der Waals surface area contributed by atoms with E-state index in [-0.39, 0.29) is 76.6 Å². The van der Waals surface area contributed by atoms with Gasteiger partial charge in [-0.3, -0.25) is 0 Å². The van der Waals surface area contributed by atoms with Crippen molar-refractivity contribution in [3.63, 3.8) is 0 Å². The number of carbonyl (C=O) groups excluding carboxylic acids is 1. The SMILES string of the molecule is C=CCOc1ccc2c(c1)[C@H]1[C@H](CCCCO)[C@@H](CCCCO)C=C3C(=NOCc4ccccc4)C[C@H](N(CCC)C(=O)NCCOCCO)[C@@](OCC=C)(O2)[C@H]31. The summed E-state index contributed by atoms with van der Waals surface area (Å²) in [6.07, 6.45) is 11.5. The van der Waals surface area contributed by atoms with Crippen molar-refractivity contribution >= 4 is 11.7 Å². The summed E-state index contributed by atoms with van der Waals surface area (Å²) in [6.45, 7) is 11.9. The number of carbonyl (C=O) groups is 1. The van der Waals surface area contributed by atoms with Gasteiger partial charge >= 0.3 is 6.03 Å². The zero-order valence-electron chi connectivity index (χ0n) is 33.6. The van der Waals surface area contributed by atoms with E-state index in [2.05, 4.69) is 30.6 Å². The number of fused-ring (bicyclic) bond motifs is 2. The van der Waals surface area contributed by atoms with Crippen LogP contribution in [0.15, 0.2) is 90.6 Å². The first-order chi connectivity index (χ1) is 28.0. The number of benzene rings is 2. The van der Waals surface area contributed by atoms with Gasteiger partial charge in [-0.05, 0) is 73.3 Å². The van der Waals surface area contributed by atoms with E-state index in [4.69, 9.17) is 28.9 Å². The van der Waals surface area contributed by atoms with E-state index in [1.54, 1.807) is 12.2 Å². The molecule has 0 bridgehead atoms. The molecule has 4 N–H and O–H groups in total. The number of unbranched alkanes of at least 4 members (excludes halogenated alkanes) is 2. The summed E-state index contributed by atoms with van der Waals surface area (Å²) in [7, 11) is 0. The molecule has 2 aromatic rings. The average molecular weight is 790 g/mol. The maximum Gasteiger partial charge on any atom is 0.317 e. The summed E-state index contributed by atoms with van der Waals surface area (Å²) in [5, 5.41) is 36.9. The lowest BCUT2D eigenvalue weighted by molar-refractivity contribution is -0.254. The largest absolute Gasteiger partial charge is 0.490 e. The maximum atomic E-state index is 14.4. The summed E-state index contributed by atoms with van der Waals surface area (Å²) in [5.74, 6) is -0.386. The highest BCUT2D eigenvalue weighted by Crippen LogP contribution is 2.62. The second kappa shape index (κ2) is 22.7. The third-order valence-electron chi connectivity index (χ3n) is 11.1. The first-order valence-electron chi connectivity index (χ1n) is 20.7. The molecule has 1 heterocycles. The highest BCUT2D eigenvalue weighted by Gasteiger charge is 2.65. The number of hydrogen-bond acceptors (Lipinski definition) is 10. The van der Waals surface area contributed by atoms with Gasteiger partial charge in [-0.2, -0.15) is 0 Å². The van der Waals surface area contributed by atoms with Crippen molar-refractivity contribution in [3.8, 4) is 11.5 Å². The van der Waals surface area contributed by atoms with Crippen molar-refractivity contribution in [1.29, 1.82) is 0 Å². The van der Waals surface area contributed by atoms with Crippen LogP contribution in [0, 0.1) is 17.8 Å². The van der Waals surface area contributed by atoms with Gasteiger partial charge in [-0.25, -0.2) is 4.79 Å². The zero-order valence-corrected chi connectivity index (χ0v) is 33.6. The Balaban J connectivity index is 1.72. The van der Waals surface area contributed by atoms with Crippen LogP contribution >= 0.6 is 0 Å². The Morgan fingerprint density at radius 2 is 1.77 bits per heavy atom. The lowest BCUT2D eigenvalue weighted by Gasteiger charge is -2.60. The number of urea groups is 1. The molecule has 3 aliphatic rings. The standard InChI is InChI=1S/C45H63N3O9/c1-4-21-48(44(52)46-20-27-53-28-24-51)41-31-39(47-56-32-33-14-8-7-9-15-33)37-29-34(16-10-12-22-49)36(17-11-13-23-50)42-38-30-35(54-25-5-2)18-19-40(38)57-45(41,43(37)42)55-26-6-3/h5-9,14-15,18-19,29-30,34,36,41-43,49-51H,2-4,10-13,16-17,20-28,31-32H2,1H3,(H,46,52)/t34-,36+,41-,42+,43+,45+/m0/s1. The van der Waals surface area contributed by atoms with Crippen LogP contribution < -0.4 is 14.8 Å². The lowest BCUT2D eigenvalue weighted by Crippen LogP contribution is -2.70. The Morgan fingerprint density at radius 3 is 2.49 bits per heavy atom. The van der Waals surface area contributed by atoms with Gasteiger partial charge in [0.15, 0.2) is 0 Å². The molecular formula is C45H63N3O9. The number of aliphatic hydroxyl groups excluding tert-OH is 3. The molecule has 5 rings (SSSR count). The summed E-state index contributed by atoms with van der Waals surface area (Å²) < 4.78 is 25.9. The Hall–Kier alpha value is -4.20. The molecule has 12 nitrogen and oxygen atoms in total. The number of aliphatic hydroxyl groups is 3. The van der Waals surface area contributed by atoms with Gasteiger partial charge in [0.25, 0.3) is 0 Å². The number of oxime groups is 1. The first kappa shape index (κ1) is 43.9. The molecule has 0 radical (unpaired) electrons. The van der Waals surface area contributed by atoms with Crippen molar-refractivity contribution in [2.45, 2.75) is 82.6 Å².